The fourth-order valence-corrected chi connectivity index (χ4v) is 4.11. The molecule has 2 fully saturated rings. The van der Waals surface area contributed by atoms with Gasteiger partial charge in [-0.25, -0.2) is 0 Å². The fraction of sp³-hybridized carbons (Fsp3) is 0.524. The summed E-state index contributed by atoms with van der Waals surface area (Å²) in [5, 5.41) is 1.20. The molecule has 2 saturated heterocycles. The summed E-state index contributed by atoms with van der Waals surface area (Å²) in [7, 11) is 0. The molecule has 2 aliphatic heterocycles. The molecule has 0 spiro atoms. The van der Waals surface area contributed by atoms with E-state index in [4.69, 9.17) is 4.74 Å². The molecule has 4 rings (SSSR count). The number of nitrogens with zero attached hydrogens (tertiary/aromatic N) is 3. The first-order valence-corrected chi connectivity index (χ1v) is 9.64. The Hall–Kier alpha value is -1.98. The van der Waals surface area contributed by atoms with Crippen molar-refractivity contribution in [3.63, 3.8) is 0 Å². The van der Waals surface area contributed by atoms with Crippen molar-refractivity contribution >= 4 is 16.8 Å². The zero-order chi connectivity index (χ0) is 17.9. The second-order valence-corrected chi connectivity index (χ2v) is 7.50. The first-order valence-electron chi connectivity index (χ1n) is 9.64. The molecule has 3 heterocycles. The van der Waals surface area contributed by atoms with Gasteiger partial charge < -0.3 is 9.64 Å². The molecule has 1 aromatic heterocycles. The van der Waals surface area contributed by atoms with E-state index in [0.717, 1.165) is 57.5 Å². The zero-order valence-corrected chi connectivity index (χ0v) is 15.4. The van der Waals surface area contributed by atoms with Crippen LogP contribution in [-0.2, 0) is 16.0 Å². The highest BCUT2D eigenvalue weighted by Crippen LogP contribution is 2.25. The molecule has 5 nitrogen and oxygen atoms in total. The van der Waals surface area contributed by atoms with Gasteiger partial charge >= 0.3 is 0 Å². The number of carbonyl (C=O) groups is 1. The summed E-state index contributed by atoms with van der Waals surface area (Å²) in [6.07, 6.45) is 5.71. The number of carbonyl (C=O) groups excluding carboxylic acids is 1. The smallest absolute Gasteiger partial charge is 0.219 e. The van der Waals surface area contributed by atoms with Crippen LogP contribution in [0.15, 0.2) is 36.5 Å². The van der Waals surface area contributed by atoms with Gasteiger partial charge in [-0.3, -0.25) is 14.7 Å². The van der Waals surface area contributed by atoms with Crippen LogP contribution in [0.1, 0.15) is 25.3 Å². The molecular formula is C21H27N3O2. The fourth-order valence-electron chi connectivity index (χ4n) is 4.11. The van der Waals surface area contributed by atoms with Crippen molar-refractivity contribution in [2.75, 3.05) is 32.7 Å². The first-order chi connectivity index (χ1) is 12.7. The summed E-state index contributed by atoms with van der Waals surface area (Å²) >= 11 is 0. The van der Waals surface area contributed by atoms with E-state index < -0.39 is 0 Å². The quantitative estimate of drug-likeness (QED) is 0.847. The van der Waals surface area contributed by atoms with Crippen LogP contribution in [-0.4, -0.2) is 65.6 Å². The van der Waals surface area contributed by atoms with E-state index in [2.05, 4.69) is 34.1 Å². The average molecular weight is 353 g/mol. The maximum absolute atomic E-state index is 11.4. The summed E-state index contributed by atoms with van der Waals surface area (Å²) < 4.78 is 6.32. The van der Waals surface area contributed by atoms with Gasteiger partial charge in [-0.2, -0.15) is 0 Å². The monoisotopic (exact) mass is 353 g/mol. The summed E-state index contributed by atoms with van der Waals surface area (Å²) in [6.45, 7) is 6.25. The lowest BCUT2D eigenvalue weighted by molar-refractivity contribution is -0.130. The Bertz CT molecular complexity index is 771. The van der Waals surface area contributed by atoms with Crippen molar-refractivity contribution in [2.24, 2.45) is 0 Å². The number of amides is 1. The Labute approximate surface area is 154 Å². The van der Waals surface area contributed by atoms with E-state index in [1.54, 1.807) is 6.92 Å². The van der Waals surface area contributed by atoms with E-state index in [1.165, 1.54) is 10.9 Å². The summed E-state index contributed by atoms with van der Waals surface area (Å²) in [4.78, 5) is 20.2. The van der Waals surface area contributed by atoms with Gasteiger partial charge in [-0.1, -0.05) is 12.1 Å². The number of benzene rings is 1. The summed E-state index contributed by atoms with van der Waals surface area (Å²) in [5.41, 5.74) is 2.37. The molecule has 0 radical (unpaired) electrons. The van der Waals surface area contributed by atoms with Crippen molar-refractivity contribution in [1.82, 2.24) is 14.8 Å². The minimum atomic E-state index is 0.187. The highest BCUT2D eigenvalue weighted by Gasteiger charge is 2.28. The molecule has 0 N–H and O–H groups in total. The molecule has 2 aromatic rings. The lowest BCUT2D eigenvalue weighted by Gasteiger charge is -2.35. The third-order valence-corrected chi connectivity index (χ3v) is 5.61. The van der Waals surface area contributed by atoms with E-state index in [9.17, 15) is 4.79 Å². The molecule has 138 valence electrons. The van der Waals surface area contributed by atoms with Gasteiger partial charge in [-0.05, 0) is 43.0 Å². The Balaban J connectivity index is 1.27. The molecule has 0 unspecified atom stereocenters. The van der Waals surface area contributed by atoms with Gasteiger partial charge in [-0.15, -0.1) is 0 Å². The molecular weight excluding hydrogens is 326 g/mol. The van der Waals surface area contributed by atoms with Gasteiger partial charge in [0.2, 0.25) is 5.91 Å². The van der Waals surface area contributed by atoms with Gasteiger partial charge in [0.1, 0.15) is 0 Å². The Morgan fingerprint density at radius 2 is 1.96 bits per heavy atom. The molecule has 2 atom stereocenters. The molecule has 2 aliphatic rings. The van der Waals surface area contributed by atoms with Gasteiger partial charge in [0.25, 0.3) is 0 Å². The second-order valence-electron chi connectivity index (χ2n) is 7.50. The van der Waals surface area contributed by atoms with E-state index in [-0.39, 0.29) is 5.91 Å². The van der Waals surface area contributed by atoms with Gasteiger partial charge in [0.15, 0.2) is 0 Å². The van der Waals surface area contributed by atoms with Crippen LogP contribution in [0.4, 0.5) is 0 Å². The highest BCUT2D eigenvalue weighted by atomic mass is 16.5. The first kappa shape index (κ1) is 17.4. The predicted molar refractivity (Wildman–Crippen MR) is 102 cm³/mol. The van der Waals surface area contributed by atoms with E-state index in [1.807, 2.05) is 17.2 Å². The SMILES string of the molecule is CC(=O)N1CCN(C[C@@H]2CC[C@H](Cc3ccc4ncccc4c3)O2)CC1. The maximum Gasteiger partial charge on any atom is 0.219 e. The van der Waals surface area contributed by atoms with Crippen LogP contribution in [0.2, 0.25) is 0 Å². The zero-order valence-electron chi connectivity index (χ0n) is 15.4. The number of pyridine rings is 1. The number of hydrogen-bond donors (Lipinski definition) is 0. The van der Waals surface area contributed by atoms with Crippen LogP contribution >= 0.6 is 0 Å². The normalized spacial score (nSPS) is 24.3. The molecule has 1 amide bonds. The summed E-state index contributed by atoms with van der Waals surface area (Å²) in [5.74, 6) is 0.187. The molecule has 0 bridgehead atoms. The Morgan fingerprint density at radius 3 is 2.77 bits per heavy atom. The van der Waals surface area contributed by atoms with Gasteiger partial charge in [0.05, 0.1) is 17.7 Å². The van der Waals surface area contributed by atoms with Crippen molar-refractivity contribution in [3.8, 4) is 0 Å². The number of ether oxygens (including phenoxy) is 1. The van der Waals surface area contributed by atoms with E-state index in [0.29, 0.717) is 12.2 Å². The lowest BCUT2D eigenvalue weighted by atomic mass is 10.0. The minimum absolute atomic E-state index is 0.187. The van der Waals surface area contributed by atoms with Gasteiger partial charge in [0, 0.05) is 51.2 Å². The highest BCUT2D eigenvalue weighted by molar-refractivity contribution is 5.78. The standard InChI is InChI=1S/C21H27N3O2/c1-16(25)24-11-9-23(10-12-24)15-20-6-5-19(26-20)14-17-4-7-21-18(13-17)3-2-8-22-21/h2-4,7-8,13,19-20H,5-6,9-12,14-15H2,1H3/t19-,20+/m1/s1. The third-order valence-electron chi connectivity index (χ3n) is 5.61. The number of hydrogen-bond acceptors (Lipinski definition) is 4. The average Bonchev–Trinajstić information content (AvgIpc) is 3.09. The third kappa shape index (κ3) is 4.05. The molecule has 0 aliphatic carbocycles. The molecule has 26 heavy (non-hydrogen) atoms. The Morgan fingerprint density at radius 1 is 1.15 bits per heavy atom. The van der Waals surface area contributed by atoms with Crippen LogP contribution in [0, 0.1) is 0 Å². The number of rotatable bonds is 4. The molecule has 0 saturated carbocycles. The number of fused-ring (bicyclic) bond motifs is 1. The Kier molecular flexibility index (Phi) is 5.18. The van der Waals surface area contributed by atoms with Crippen LogP contribution in [0.3, 0.4) is 0 Å². The number of aromatic nitrogens is 1. The van der Waals surface area contributed by atoms with Crippen LogP contribution in [0.25, 0.3) is 10.9 Å². The van der Waals surface area contributed by atoms with Crippen LogP contribution < -0.4 is 0 Å². The van der Waals surface area contributed by atoms with Crippen molar-refractivity contribution in [1.29, 1.82) is 0 Å². The van der Waals surface area contributed by atoms with Crippen molar-refractivity contribution in [2.45, 2.75) is 38.4 Å². The topological polar surface area (TPSA) is 45.7 Å². The maximum atomic E-state index is 11.4. The molecule has 5 heteroatoms. The number of piperazine rings is 1. The predicted octanol–water partition coefficient (Wildman–Crippen LogP) is 2.49. The minimum Gasteiger partial charge on any atom is -0.373 e. The lowest BCUT2D eigenvalue weighted by Crippen LogP contribution is -2.49. The van der Waals surface area contributed by atoms with E-state index >= 15 is 0 Å². The summed E-state index contributed by atoms with van der Waals surface area (Å²) in [6, 6.07) is 10.6. The van der Waals surface area contributed by atoms with Crippen molar-refractivity contribution < 1.29 is 9.53 Å². The molecule has 1 aromatic carbocycles. The second kappa shape index (κ2) is 7.72. The van der Waals surface area contributed by atoms with Crippen molar-refractivity contribution in [3.05, 3.63) is 42.1 Å². The van der Waals surface area contributed by atoms with Crippen LogP contribution in [0.5, 0.6) is 0 Å². The largest absolute Gasteiger partial charge is 0.373 e.